The summed E-state index contributed by atoms with van der Waals surface area (Å²) in [4.78, 5) is 3.83. The van der Waals surface area contributed by atoms with Gasteiger partial charge in [0.1, 0.15) is 6.33 Å². The molecule has 1 atom stereocenters. The van der Waals surface area contributed by atoms with Crippen LogP contribution in [0.3, 0.4) is 0 Å². The summed E-state index contributed by atoms with van der Waals surface area (Å²) in [5.74, 6) is 0.327. The van der Waals surface area contributed by atoms with Crippen molar-refractivity contribution >= 4 is 5.95 Å². The number of rotatable bonds is 2. The smallest absolute Gasteiger partial charge is 0.239 e. The number of nitrogens with two attached hydrogens (primary N) is 1. The summed E-state index contributed by atoms with van der Waals surface area (Å²) in [5.41, 5.74) is 5.37. The molecule has 5 nitrogen and oxygen atoms in total. The van der Waals surface area contributed by atoms with Gasteiger partial charge in [0.2, 0.25) is 5.95 Å². The molecule has 2 rings (SSSR count). The van der Waals surface area contributed by atoms with E-state index in [1.54, 1.807) is 11.0 Å². The Hall–Kier alpha value is -1.10. The Morgan fingerprint density at radius 2 is 2.67 bits per heavy atom. The molecule has 1 aromatic rings. The van der Waals surface area contributed by atoms with E-state index in [0.29, 0.717) is 12.1 Å². The van der Waals surface area contributed by atoms with Crippen LogP contribution >= 0.6 is 0 Å². The second-order valence-electron chi connectivity index (χ2n) is 2.96. The van der Waals surface area contributed by atoms with Crippen molar-refractivity contribution in [3.05, 3.63) is 6.33 Å². The van der Waals surface area contributed by atoms with E-state index in [1.165, 1.54) is 0 Å². The normalized spacial score (nSPS) is 23.2. The van der Waals surface area contributed by atoms with E-state index in [-0.39, 0.29) is 0 Å². The van der Waals surface area contributed by atoms with Crippen LogP contribution in [0.1, 0.15) is 12.8 Å². The van der Waals surface area contributed by atoms with Crippen LogP contribution in [0.25, 0.3) is 0 Å². The summed E-state index contributed by atoms with van der Waals surface area (Å²) < 4.78 is 7.16. The van der Waals surface area contributed by atoms with E-state index in [1.807, 2.05) is 0 Å². The van der Waals surface area contributed by atoms with Gasteiger partial charge in [-0.15, -0.1) is 5.10 Å². The average Bonchev–Trinajstić information content (AvgIpc) is 2.63. The van der Waals surface area contributed by atoms with Gasteiger partial charge in [-0.3, -0.25) is 0 Å². The van der Waals surface area contributed by atoms with Crippen molar-refractivity contribution in [1.82, 2.24) is 14.8 Å². The van der Waals surface area contributed by atoms with E-state index in [0.717, 1.165) is 26.0 Å². The summed E-state index contributed by atoms with van der Waals surface area (Å²) in [6.07, 6.45) is 4.19. The number of hydrogen-bond donors (Lipinski definition) is 1. The Morgan fingerprint density at radius 3 is 3.25 bits per heavy atom. The number of aromatic nitrogens is 3. The third-order valence-corrected chi connectivity index (χ3v) is 1.97. The maximum absolute atomic E-state index is 5.44. The van der Waals surface area contributed by atoms with Gasteiger partial charge >= 0.3 is 0 Å². The molecule has 2 heterocycles. The largest absolute Gasteiger partial charge is 0.376 e. The number of ether oxygens (including phenoxy) is 1. The number of hydrogen-bond acceptors (Lipinski definition) is 4. The third kappa shape index (κ3) is 1.55. The zero-order valence-electron chi connectivity index (χ0n) is 6.81. The topological polar surface area (TPSA) is 66.0 Å². The fraction of sp³-hybridized carbons (Fsp3) is 0.714. The zero-order valence-corrected chi connectivity index (χ0v) is 6.81. The molecule has 0 spiro atoms. The molecule has 1 unspecified atom stereocenters. The van der Waals surface area contributed by atoms with E-state index < -0.39 is 0 Å². The minimum absolute atomic E-state index is 0.297. The Labute approximate surface area is 70.5 Å². The Kier molecular flexibility index (Phi) is 1.95. The molecule has 1 aliphatic rings. The van der Waals surface area contributed by atoms with Crippen molar-refractivity contribution in [3.63, 3.8) is 0 Å². The SMILES string of the molecule is Nc1ncn(CC2CCCO2)n1. The van der Waals surface area contributed by atoms with E-state index in [9.17, 15) is 0 Å². The monoisotopic (exact) mass is 168 g/mol. The van der Waals surface area contributed by atoms with Gasteiger partial charge < -0.3 is 10.5 Å². The molecule has 0 bridgehead atoms. The lowest BCUT2D eigenvalue weighted by Gasteiger charge is -2.07. The molecule has 1 aromatic heterocycles. The van der Waals surface area contributed by atoms with Crippen LogP contribution < -0.4 is 5.73 Å². The molecule has 0 aromatic carbocycles. The van der Waals surface area contributed by atoms with E-state index in [2.05, 4.69) is 10.1 Å². The first-order valence-electron chi connectivity index (χ1n) is 4.11. The van der Waals surface area contributed by atoms with Crippen molar-refractivity contribution in [2.24, 2.45) is 0 Å². The van der Waals surface area contributed by atoms with Gasteiger partial charge in [0.05, 0.1) is 12.6 Å². The van der Waals surface area contributed by atoms with Gasteiger partial charge in [0.25, 0.3) is 0 Å². The first-order valence-corrected chi connectivity index (χ1v) is 4.11. The van der Waals surface area contributed by atoms with Gasteiger partial charge in [-0.25, -0.2) is 9.67 Å². The molecule has 2 N–H and O–H groups in total. The second kappa shape index (κ2) is 3.10. The van der Waals surface area contributed by atoms with Crippen LogP contribution in [0.5, 0.6) is 0 Å². The first-order chi connectivity index (χ1) is 5.84. The molecule has 1 aliphatic heterocycles. The lowest BCUT2D eigenvalue weighted by Crippen LogP contribution is -2.15. The predicted octanol–water partition coefficient (Wildman–Crippen LogP) is 0.0393. The van der Waals surface area contributed by atoms with Crippen LogP contribution in [0, 0.1) is 0 Å². The maximum Gasteiger partial charge on any atom is 0.239 e. The van der Waals surface area contributed by atoms with Gasteiger partial charge in [-0.2, -0.15) is 0 Å². The van der Waals surface area contributed by atoms with Crippen molar-refractivity contribution in [1.29, 1.82) is 0 Å². The van der Waals surface area contributed by atoms with Crippen molar-refractivity contribution in [2.45, 2.75) is 25.5 Å². The highest BCUT2D eigenvalue weighted by molar-refractivity contribution is 5.09. The first kappa shape index (κ1) is 7.54. The summed E-state index contributed by atoms with van der Waals surface area (Å²) in [6, 6.07) is 0. The van der Waals surface area contributed by atoms with Crippen LogP contribution in [-0.2, 0) is 11.3 Å². The van der Waals surface area contributed by atoms with Crippen molar-refractivity contribution in [2.75, 3.05) is 12.3 Å². The standard InChI is InChI=1S/C7H12N4O/c8-7-9-5-11(10-7)4-6-2-1-3-12-6/h5-6H,1-4H2,(H2,8,10). The fourth-order valence-electron chi connectivity index (χ4n) is 1.39. The van der Waals surface area contributed by atoms with E-state index >= 15 is 0 Å². The predicted molar refractivity (Wildman–Crippen MR) is 43.4 cm³/mol. The molecule has 0 aliphatic carbocycles. The third-order valence-electron chi connectivity index (χ3n) is 1.97. The molecule has 0 radical (unpaired) electrons. The highest BCUT2D eigenvalue weighted by atomic mass is 16.5. The highest BCUT2D eigenvalue weighted by Gasteiger charge is 2.16. The summed E-state index contributed by atoms with van der Waals surface area (Å²) in [6.45, 7) is 1.64. The van der Waals surface area contributed by atoms with Crippen LogP contribution in [0.15, 0.2) is 6.33 Å². The Balaban J connectivity index is 1.94. The van der Waals surface area contributed by atoms with Crippen molar-refractivity contribution < 1.29 is 4.74 Å². The molecule has 5 heteroatoms. The Morgan fingerprint density at radius 1 is 1.75 bits per heavy atom. The molecule has 1 fully saturated rings. The summed E-state index contributed by atoms with van der Waals surface area (Å²) in [5, 5.41) is 3.98. The zero-order chi connectivity index (χ0) is 8.39. The molecule has 0 saturated carbocycles. The second-order valence-corrected chi connectivity index (χ2v) is 2.96. The lowest BCUT2D eigenvalue weighted by atomic mass is 10.2. The maximum atomic E-state index is 5.44. The van der Waals surface area contributed by atoms with Gasteiger partial charge in [0, 0.05) is 6.61 Å². The van der Waals surface area contributed by atoms with Crippen molar-refractivity contribution in [3.8, 4) is 0 Å². The van der Waals surface area contributed by atoms with Gasteiger partial charge in [-0.1, -0.05) is 0 Å². The minimum atomic E-state index is 0.297. The molecule has 12 heavy (non-hydrogen) atoms. The average molecular weight is 168 g/mol. The fourth-order valence-corrected chi connectivity index (χ4v) is 1.39. The molecule has 0 amide bonds. The molecule has 66 valence electrons. The number of nitrogens with zero attached hydrogens (tertiary/aromatic N) is 3. The van der Waals surface area contributed by atoms with E-state index in [4.69, 9.17) is 10.5 Å². The minimum Gasteiger partial charge on any atom is -0.376 e. The molecular weight excluding hydrogens is 156 g/mol. The Bertz CT molecular complexity index is 254. The molecule has 1 saturated heterocycles. The number of nitrogen functional groups attached to an aromatic ring is 1. The number of anilines is 1. The quantitative estimate of drug-likeness (QED) is 0.677. The van der Waals surface area contributed by atoms with Crippen LogP contribution in [0.4, 0.5) is 5.95 Å². The van der Waals surface area contributed by atoms with Crippen LogP contribution in [-0.4, -0.2) is 27.5 Å². The summed E-state index contributed by atoms with van der Waals surface area (Å²) in [7, 11) is 0. The highest BCUT2D eigenvalue weighted by Crippen LogP contribution is 2.13. The lowest BCUT2D eigenvalue weighted by molar-refractivity contribution is 0.0940. The van der Waals surface area contributed by atoms with Crippen LogP contribution in [0.2, 0.25) is 0 Å². The van der Waals surface area contributed by atoms with Gasteiger partial charge in [-0.05, 0) is 12.8 Å². The van der Waals surface area contributed by atoms with Gasteiger partial charge in [0.15, 0.2) is 0 Å². The molecular formula is C7H12N4O. The summed E-state index contributed by atoms with van der Waals surface area (Å²) >= 11 is 0.